The van der Waals surface area contributed by atoms with Crippen LogP contribution in [-0.4, -0.2) is 19.2 Å². The first-order chi connectivity index (χ1) is 9.43. The molecule has 0 bridgehead atoms. The second kappa shape index (κ2) is 5.83. The van der Waals surface area contributed by atoms with Crippen LogP contribution in [0.4, 0.5) is 0 Å². The van der Waals surface area contributed by atoms with Gasteiger partial charge in [-0.15, -0.1) is 0 Å². The first kappa shape index (κ1) is 14.9. The summed E-state index contributed by atoms with van der Waals surface area (Å²) >= 11 is 0. The average molecular weight is 291 g/mol. The summed E-state index contributed by atoms with van der Waals surface area (Å²) in [6, 6.07) is 11.3. The maximum Gasteiger partial charge on any atom is 0.175 e. The van der Waals surface area contributed by atoms with Crippen LogP contribution in [0.1, 0.15) is 25.5 Å². The molecule has 1 aromatic carbocycles. The highest BCUT2D eigenvalue weighted by atomic mass is 32.2. The Morgan fingerprint density at radius 2 is 1.70 bits per heavy atom. The zero-order chi connectivity index (χ0) is 14.8. The van der Waals surface area contributed by atoms with Crippen molar-refractivity contribution >= 4 is 9.84 Å². The van der Waals surface area contributed by atoms with Gasteiger partial charge in [-0.2, -0.15) is 0 Å². The van der Waals surface area contributed by atoms with Crippen molar-refractivity contribution in [2.75, 3.05) is 6.26 Å². The van der Waals surface area contributed by atoms with Gasteiger partial charge in [-0.05, 0) is 43.2 Å². The van der Waals surface area contributed by atoms with E-state index < -0.39 is 9.84 Å². The lowest BCUT2D eigenvalue weighted by Gasteiger charge is -2.11. The number of sulfone groups is 1. The average Bonchev–Trinajstić information content (AvgIpc) is 2.77. The van der Waals surface area contributed by atoms with Crippen molar-refractivity contribution < 1.29 is 8.42 Å². The monoisotopic (exact) mass is 291 g/mol. The molecular formula is C16H21NO2S. The molecule has 20 heavy (non-hydrogen) atoms. The van der Waals surface area contributed by atoms with Crippen molar-refractivity contribution in [3.63, 3.8) is 0 Å². The number of unbranched alkanes of at least 4 members (excludes halogenated alkanes) is 1. The molecule has 1 heterocycles. The molecule has 1 aromatic heterocycles. The van der Waals surface area contributed by atoms with Crippen molar-refractivity contribution in [2.45, 2.75) is 38.1 Å². The standard InChI is InChI=1S/C16H21NO2S/c1-4-5-12-17-13(2)6-11-16(17)14-7-9-15(10-8-14)20(3,18)19/h6-11H,4-5,12H2,1-3H3. The summed E-state index contributed by atoms with van der Waals surface area (Å²) < 4.78 is 25.3. The number of rotatable bonds is 5. The highest BCUT2D eigenvalue weighted by molar-refractivity contribution is 7.90. The van der Waals surface area contributed by atoms with Gasteiger partial charge in [-0.1, -0.05) is 25.5 Å². The zero-order valence-electron chi connectivity index (χ0n) is 12.3. The maximum atomic E-state index is 11.5. The quantitative estimate of drug-likeness (QED) is 0.843. The van der Waals surface area contributed by atoms with Crippen LogP contribution in [0.3, 0.4) is 0 Å². The Balaban J connectivity index is 2.37. The molecule has 2 aromatic rings. The Bertz CT molecular complexity index is 682. The Labute approximate surface area is 121 Å². The van der Waals surface area contributed by atoms with E-state index in [1.165, 1.54) is 11.9 Å². The van der Waals surface area contributed by atoms with E-state index in [4.69, 9.17) is 0 Å². The smallest absolute Gasteiger partial charge is 0.175 e. The molecule has 4 heteroatoms. The number of nitrogens with zero attached hydrogens (tertiary/aromatic N) is 1. The molecule has 108 valence electrons. The van der Waals surface area contributed by atoms with E-state index in [1.807, 2.05) is 12.1 Å². The van der Waals surface area contributed by atoms with Crippen LogP contribution < -0.4 is 0 Å². The van der Waals surface area contributed by atoms with Crippen LogP contribution in [0.5, 0.6) is 0 Å². The second-order valence-electron chi connectivity index (χ2n) is 5.16. The highest BCUT2D eigenvalue weighted by Crippen LogP contribution is 2.24. The van der Waals surface area contributed by atoms with Gasteiger partial charge in [0.2, 0.25) is 0 Å². The summed E-state index contributed by atoms with van der Waals surface area (Å²) in [6.45, 7) is 5.28. The van der Waals surface area contributed by atoms with E-state index in [0.29, 0.717) is 4.90 Å². The van der Waals surface area contributed by atoms with Crippen LogP contribution in [0.25, 0.3) is 11.3 Å². The summed E-state index contributed by atoms with van der Waals surface area (Å²) in [5, 5.41) is 0. The number of aromatic nitrogens is 1. The van der Waals surface area contributed by atoms with Crippen molar-refractivity contribution in [3.05, 3.63) is 42.1 Å². The van der Waals surface area contributed by atoms with E-state index in [-0.39, 0.29) is 0 Å². The Hall–Kier alpha value is -1.55. The number of hydrogen-bond acceptors (Lipinski definition) is 2. The molecular weight excluding hydrogens is 270 g/mol. The van der Waals surface area contributed by atoms with Gasteiger partial charge in [0.1, 0.15) is 0 Å². The molecule has 3 nitrogen and oxygen atoms in total. The fraction of sp³-hybridized carbons (Fsp3) is 0.375. The van der Waals surface area contributed by atoms with E-state index in [2.05, 4.69) is 30.5 Å². The number of hydrogen-bond donors (Lipinski definition) is 0. The fourth-order valence-corrected chi connectivity index (χ4v) is 2.94. The number of benzene rings is 1. The SMILES string of the molecule is CCCCn1c(C)ccc1-c1ccc(S(C)(=O)=O)cc1. The molecule has 0 radical (unpaired) electrons. The summed E-state index contributed by atoms with van der Waals surface area (Å²) in [6.07, 6.45) is 3.53. The summed E-state index contributed by atoms with van der Waals surface area (Å²) in [7, 11) is -3.13. The van der Waals surface area contributed by atoms with Crippen LogP contribution >= 0.6 is 0 Å². The van der Waals surface area contributed by atoms with Crippen molar-refractivity contribution in [2.24, 2.45) is 0 Å². The number of aryl methyl sites for hydroxylation is 1. The normalized spacial score (nSPS) is 11.8. The van der Waals surface area contributed by atoms with Gasteiger partial charge in [0, 0.05) is 24.2 Å². The first-order valence-corrected chi connectivity index (χ1v) is 8.79. The largest absolute Gasteiger partial charge is 0.345 e. The van der Waals surface area contributed by atoms with Gasteiger partial charge in [-0.25, -0.2) is 8.42 Å². The Morgan fingerprint density at radius 1 is 1.05 bits per heavy atom. The van der Waals surface area contributed by atoms with Crippen molar-refractivity contribution in [3.8, 4) is 11.3 Å². The van der Waals surface area contributed by atoms with Gasteiger partial charge >= 0.3 is 0 Å². The molecule has 0 N–H and O–H groups in total. The molecule has 0 aliphatic carbocycles. The van der Waals surface area contributed by atoms with E-state index in [9.17, 15) is 8.42 Å². The molecule has 0 aliphatic rings. The molecule has 2 rings (SSSR count). The summed E-state index contributed by atoms with van der Waals surface area (Å²) in [4.78, 5) is 0.365. The van der Waals surface area contributed by atoms with Gasteiger partial charge < -0.3 is 4.57 Å². The lowest BCUT2D eigenvalue weighted by Crippen LogP contribution is -2.02. The maximum absolute atomic E-state index is 11.5. The van der Waals surface area contributed by atoms with Gasteiger partial charge in [0.05, 0.1) is 4.90 Å². The third kappa shape index (κ3) is 3.12. The molecule has 0 saturated heterocycles. The van der Waals surface area contributed by atoms with Crippen LogP contribution in [0.15, 0.2) is 41.3 Å². The molecule has 0 aliphatic heterocycles. The highest BCUT2D eigenvalue weighted by Gasteiger charge is 2.10. The zero-order valence-corrected chi connectivity index (χ0v) is 13.1. The fourth-order valence-electron chi connectivity index (χ4n) is 2.31. The van der Waals surface area contributed by atoms with Gasteiger partial charge in [0.25, 0.3) is 0 Å². The topological polar surface area (TPSA) is 39.1 Å². The van der Waals surface area contributed by atoms with Crippen molar-refractivity contribution in [1.29, 1.82) is 0 Å². The minimum absolute atomic E-state index is 0.365. The lowest BCUT2D eigenvalue weighted by atomic mass is 10.1. The minimum Gasteiger partial charge on any atom is -0.345 e. The summed E-state index contributed by atoms with van der Waals surface area (Å²) in [5.74, 6) is 0. The molecule has 0 unspecified atom stereocenters. The van der Waals surface area contributed by atoms with Gasteiger partial charge in [0.15, 0.2) is 9.84 Å². The summed E-state index contributed by atoms with van der Waals surface area (Å²) in [5.41, 5.74) is 3.44. The van der Waals surface area contributed by atoms with E-state index in [0.717, 1.165) is 30.6 Å². The predicted molar refractivity (Wildman–Crippen MR) is 82.6 cm³/mol. The van der Waals surface area contributed by atoms with Gasteiger partial charge in [-0.3, -0.25) is 0 Å². The Morgan fingerprint density at radius 3 is 2.25 bits per heavy atom. The minimum atomic E-state index is -3.13. The van der Waals surface area contributed by atoms with E-state index in [1.54, 1.807) is 12.1 Å². The molecule has 0 atom stereocenters. The van der Waals surface area contributed by atoms with Crippen LogP contribution in [0, 0.1) is 6.92 Å². The Kier molecular flexibility index (Phi) is 4.33. The second-order valence-corrected chi connectivity index (χ2v) is 7.18. The molecule has 0 fully saturated rings. The molecule has 0 amide bonds. The third-order valence-electron chi connectivity index (χ3n) is 3.51. The first-order valence-electron chi connectivity index (χ1n) is 6.90. The van der Waals surface area contributed by atoms with Crippen molar-refractivity contribution in [1.82, 2.24) is 4.57 Å². The van der Waals surface area contributed by atoms with E-state index >= 15 is 0 Å². The third-order valence-corrected chi connectivity index (χ3v) is 4.64. The van der Waals surface area contributed by atoms with Crippen LogP contribution in [-0.2, 0) is 16.4 Å². The molecule has 0 saturated carbocycles. The van der Waals surface area contributed by atoms with Crippen LogP contribution in [0.2, 0.25) is 0 Å². The molecule has 0 spiro atoms. The lowest BCUT2D eigenvalue weighted by molar-refractivity contribution is 0.602. The predicted octanol–water partition coefficient (Wildman–Crippen LogP) is 3.67.